The Bertz CT molecular complexity index is 786. The molecule has 2 aromatic rings. The monoisotopic (exact) mass is 355 g/mol. The van der Waals surface area contributed by atoms with E-state index in [0.717, 1.165) is 5.56 Å². The second kappa shape index (κ2) is 9.27. The van der Waals surface area contributed by atoms with Gasteiger partial charge in [-0.15, -0.1) is 0 Å². The highest BCUT2D eigenvalue weighted by molar-refractivity contribution is 5.94. The largest absolute Gasteiger partial charge is 0.504 e. The van der Waals surface area contributed by atoms with Gasteiger partial charge in [-0.05, 0) is 36.3 Å². The van der Waals surface area contributed by atoms with Gasteiger partial charge in [0.15, 0.2) is 11.5 Å². The summed E-state index contributed by atoms with van der Waals surface area (Å²) < 4.78 is 5.03. The molecular weight excluding hydrogens is 334 g/mol. The second-order valence-corrected chi connectivity index (χ2v) is 5.58. The van der Waals surface area contributed by atoms with Crippen LogP contribution in [0.4, 0.5) is 0 Å². The fraction of sp³-hybridized carbons (Fsp3) is 0.200. The van der Waals surface area contributed by atoms with Crippen LogP contribution < -0.4 is 5.32 Å². The van der Waals surface area contributed by atoms with Crippen LogP contribution >= 0.6 is 0 Å². The fourth-order valence-electron chi connectivity index (χ4n) is 2.32. The Kier molecular flexibility index (Phi) is 6.79. The molecule has 0 aliphatic rings. The first-order valence-corrected chi connectivity index (χ1v) is 8.20. The van der Waals surface area contributed by atoms with Crippen molar-refractivity contribution in [3.63, 3.8) is 0 Å². The van der Waals surface area contributed by atoms with Crippen molar-refractivity contribution in [2.75, 3.05) is 6.61 Å². The van der Waals surface area contributed by atoms with E-state index < -0.39 is 17.9 Å². The lowest BCUT2D eigenvalue weighted by molar-refractivity contribution is -0.146. The number of amides is 1. The van der Waals surface area contributed by atoms with Crippen molar-refractivity contribution in [2.45, 2.75) is 19.4 Å². The molecule has 2 aromatic carbocycles. The molecule has 0 radical (unpaired) electrons. The summed E-state index contributed by atoms with van der Waals surface area (Å²) in [5.74, 6) is -1.48. The maximum Gasteiger partial charge on any atom is 0.328 e. The lowest BCUT2D eigenvalue weighted by Gasteiger charge is -2.16. The summed E-state index contributed by atoms with van der Waals surface area (Å²) in [4.78, 5) is 24.3. The minimum atomic E-state index is -0.803. The molecule has 0 aliphatic carbocycles. The Labute approximate surface area is 151 Å². The Balaban J connectivity index is 2.05. The van der Waals surface area contributed by atoms with Crippen LogP contribution in [0.1, 0.15) is 18.1 Å². The van der Waals surface area contributed by atoms with Crippen LogP contribution in [0.2, 0.25) is 0 Å². The number of phenolic OH excluding ortho intramolecular Hbond substituents is 2. The summed E-state index contributed by atoms with van der Waals surface area (Å²) in [6.45, 7) is 1.93. The normalized spacial score (nSPS) is 11.9. The molecule has 0 spiro atoms. The highest BCUT2D eigenvalue weighted by atomic mass is 16.5. The molecule has 0 saturated heterocycles. The molecule has 0 saturated carbocycles. The minimum Gasteiger partial charge on any atom is -0.504 e. The van der Waals surface area contributed by atoms with E-state index in [1.165, 1.54) is 24.3 Å². The van der Waals surface area contributed by atoms with Gasteiger partial charge < -0.3 is 20.3 Å². The summed E-state index contributed by atoms with van der Waals surface area (Å²) in [7, 11) is 0. The zero-order chi connectivity index (χ0) is 18.9. The van der Waals surface area contributed by atoms with Crippen LogP contribution in [0.15, 0.2) is 54.6 Å². The first-order valence-electron chi connectivity index (χ1n) is 8.20. The summed E-state index contributed by atoms with van der Waals surface area (Å²) in [6.07, 6.45) is 3.04. The minimum absolute atomic E-state index is 0.225. The number of ether oxygens (including phenoxy) is 1. The third kappa shape index (κ3) is 5.66. The summed E-state index contributed by atoms with van der Waals surface area (Å²) in [5.41, 5.74) is 1.43. The van der Waals surface area contributed by atoms with Gasteiger partial charge in [0.2, 0.25) is 5.91 Å². The average molecular weight is 355 g/mol. The zero-order valence-electron chi connectivity index (χ0n) is 14.4. The van der Waals surface area contributed by atoms with Gasteiger partial charge in [-0.3, -0.25) is 4.79 Å². The molecule has 6 nitrogen and oxygen atoms in total. The molecule has 2 rings (SSSR count). The van der Waals surface area contributed by atoms with Crippen LogP contribution in [0.3, 0.4) is 0 Å². The first kappa shape index (κ1) is 19.1. The lowest BCUT2D eigenvalue weighted by atomic mass is 10.1. The van der Waals surface area contributed by atoms with E-state index in [1.807, 2.05) is 30.3 Å². The van der Waals surface area contributed by atoms with Crippen molar-refractivity contribution in [1.82, 2.24) is 5.32 Å². The van der Waals surface area contributed by atoms with Crippen molar-refractivity contribution < 1.29 is 24.5 Å². The Morgan fingerprint density at radius 1 is 1.12 bits per heavy atom. The van der Waals surface area contributed by atoms with E-state index in [0.29, 0.717) is 12.0 Å². The fourth-order valence-corrected chi connectivity index (χ4v) is 2.32. The Morgan fingerprint density at radius 3 is 2.50 bits per heavy atom. The number of aromatic hydroxyl groups is 2. The van der Waals surface area contributed by atoms with Gasteiger partial charge in [-0.1, -0.05) is 36.4 Å². The molecule has 1 atom stereocenters. The number of esters is 1. The molecule has 0 fully saturated rings. The molecule has 0 aromatic heterocycles. The van der Waals surface area contributed by atoms with Gasteiger partial charge in [0.05, 0.1) is 6.61 Å². The summed E-state index contributed by atoms with van der Waals surface area (Å²) in [6, 6.07) is 12.7. The Morgan fingerprint density at radius 2 is 1.85 bits per heavy atom. The first-order chi connectivity index (χ1) is 12.5. The predicted molar refractivity (Wildman–Crippen MR) is 97.5 cm³/mol. The van der Waals surface area contributed by atoms with Crippen molar-refractivity contribution in [2.24, 2.45) is 0 Å². The zero-order valence-corrected chi connectivity index (χ0v) is 14.4. The van der Waals surface area contributed by atoms with Gasteiger partial charge in [0, 0.05) is 12.5 Å². The summed E-state index contributed by atoms with van der Waals surface area (Å²) >= 11 is 0. The van der Waals surface area contributed by atoms with Crippen molar-refractivity contribution in [3.8, 4) is 11.5 Å². The van der Waals surface area contributed by atoms with Gasteiger partial charge in [0.25, 0.3) is 0 Å². The van der Waals surface area contributed by atoms with Crippen LogP contribution in [0, 0.1) is 0 Å². The molecule has 0 bridgehead atoms. The number of carbonyl (C=O) groups excluding carboxylic acids is 2. The second-order valence-electron chi connectivity index (χ2n) is 5.58. The maximum atomic E-state index is 12.2. The van der Waals surface area contributed by atoms with E-state index in [2.05, 4.69) is 5.32 Å². The highest BCUT2D eigenvalue weighted by Crippen LogP contribution is 2.25. The number of hydrogen-bond donors (Lipinski definition) is 3. The molecule has 6 heteroatoms. The Hall–Kier alpha value is -3.28. The third-order valence-electron chi connectivity index (χ3n) is 3.60. The molecule has 26 heavy (non-hydrogen) atoms. The standard InChI is InChI=1S/C20H21NO5/c1-2-26-20(25)16(12-14-6-4-3-5-7-14)21-19(24)11-9-15-8-10-17(22)18(23)13-15/h3-11,13,16,22-23H,2,12H2,1H3,(H,21,24)/t16-/m0/s1. The SMILES string of the molecule is CCOC(=O)[C@H](Cc1ccccc1)NC(=O)C=Cc1ccc(O)c(O)c1. The average Bonchev–Trinajstić information content (AvgIpc) is 2.63. The van der Waals surface area contributed by atoms with Crippen LogP contribution in [0.5, 0.6) is 11.5 Å². The van der Waals surface area contributed by atoms with Gasteiger partial charge in [-0.2, -0.15) is 0 Å². The number of benzene rings is 2. The van der Waals surface area contributed by atoms with Crippen molar-refractivity contribution in [3.05, 3.63) is 65.7 Å². The molecule has 0 unspecified atom stereocenters. The number of rotatable bonds is 7. The number of carbonyl (C=O) groups is 2. The molecule has 0 heterocycles. The highest BCUT2D eigenvalue weighted by Gasteiger charge is 2.21. The van der Waals surface area contributed by atoms with Gasteiger partial charge in [-0.25, -0.2) is 4.79 Å². The predicted octanol–water partition coefficient (Wildman–Crippen LogP) is 2.40. The van der Waals surface area contributed by atoms with Gasteiger partial charge in [0.1, 0.15) is 6.04 Å². The smallest absolute Gasteiger partial charge is 0.328 e. The van der Waals surface area contributed by atoms with Gasteiger partial charge >= 0.3 is 5.97 Å². The number of phenols is 2. The molecule has 1 amide bonds. The van der Waals surface area contributed by atoms with E-state index in [-0.39, 0.29) is 18.1 Å². The van der Waals surface area contributed by atoms with Crippen molar-refractivity contribution in [1.29, 1.82) is 0 Å². The van der Waals surface area contributed by atoms with Crippen LogP contribution in [-0.4, -0.2) is 34.7 Å². The summed E-state index contributed by atoms with van der Waals surface area (Å²) in [5, 5.41) is 21.4. The van der Waals surface area contributed by atoms with Crippen molar-refractivity contribution >= 4 is 18.0 Å². The number of nitrogens with one attached hydrogen (secondary N) is 1. The molecule has 3 N–H and O–H groups in total. The maximum absolute atomic E-state index is 12.2. The van der Waals surface area contributed by atoms with E-state index in [9.17, 15) is 19.8 Å². The quantitative estimate of drug-likeness (QED) is 0.403. The molecule has 0 aliphatic heterocycles. The van der Waals surface area contributed by atoms with Crippen LogP contribution in [0.25, 0.3) is 6.08 Å². The topological polar surface area (TPSA) is 95.9 Å². The molecular formula is C20H21NO5. The van der Waals surface area contributed by atoms with E-state index >= 15 is 0 Å². The van der Waals surface area contributed by atoms with E-state index in [4.69, 9.17) is 4.74 Å². The lowest BCUT2D eigenvalue weighted by Crippen LogP contribution is -2.42. The van der Waals surface area contributed by atoms with Crippen LogP contribution in [-0.2, 0) is 20.7 Å². The third-order valence-corrected chi connectivity index (χ3v) is 3.60. The number of hydrogen-bond acceptors (Lipinski definition) is 5. The molecule has 136 valence electrons. The van der Waals surface area contributed by atoms with E-state index in [1.54, 1.807) is 13.0 Å².